The molecule has 0 aliphatic carbocycles. The summed E-state index contributed by atoms with van der Waals surface area (Å²) >= 11 is 0. The van der Waals surface area contributed by atoms with Crippen molar-refractivity contribution in [1.29, 1.82) is 0 Å². The largest absolute Gasteiger partial charge is 0.315 e. The number of hydrogen-bond acceptors (Lipinski definition) is 3. The maximum absolute atomic E-state index is 12.2. The van der Waals surface area contributed by atoms with Gasteiger partial charge in [-0.05, 0) is 20.9 Å². The minimum atomic E-state index is -2.54. The van der Waals surface area contributed by atoms with Crippen molar-refractivity contribution < 1.29 is 9.09 Å². The summed E-state index contributed by atoms with van der Waals surface area (Å²) in [6.45, 7) is 9.20. The van der Waals surface area contributed by atoms with Crippen LogP contribution in [0.15, 0.2) is 0 Å². The molecule has 0 aromatic rings. The summed E-state index contributed by atoms with van der Waals surface area (Å²) < 4.78 is 19.6. The van der Waals surface area contributed by atoms with Gasteiger partial charge in [-0.25, -0.2) is 4.67 Å². The Bertz CT molecular complexity index is 225. The molecule has 1 heterocycles. The van der Waals surface area contributed by atoms with E-state index in [1.807, 2.05) is 18.5 Å². The lowest BCUT2D eigenvalue weighted by Gasteiger charge is -2.36. The first kappa shape index (κ1) is 12.2. The van der Waals surface area contributed by atoms with Crippen molar-refractivity contribution in [3.63, 3.8) is 0 Å². The molecular weight excluding hydrogens is 199 g/mol. The molecule has 4 nitrogen and oxygen atoms in total. The second-order valence-corrected chi connectivity index (χ2v) is 6.60. The lowest BCUT2D eigenvalue weighted by Crippen LogP contribution is -2.43. The zero-order valence-electron chi connectivity index (χ0n) is 9.56. The van der Waals surface area contributed by atoms with Crippen LogP contribution < -0.4 is 0 Å². The van der Waals surface area contributed by atoms with E-state index in [9.17, 15) is 4.57 Å². The second kappa shape index (κ2) is 4.75. The Balaban J connectivity index is 2.51. The van der Waals surface area contributed by atoms with Gasteiger partial charge in [-0.15, -0.1) is 0 Å². The highest BCUT2D eigenvalue weighted by Gasteiger charge is 2.29. The number of rotatable bonds is 3. The molecule has 0 radical (unpaired) electrons. The molecule has 1 atom stereocenters. The first-order valence-electron chi connectivity index (χ1n) is 5.11. The monoisotopic (exact) mass is 220 g/mol. The van der Waals surface area contributed by atoms with Crippen molar-refractivity contribution in [2.75, 3.05) is 39.9 Å². The van der Waals surface area contributed by atoms with Crippen LogP contribution in [0.1, 0.15) is 13.8 Å². The maximum atomic E-state index is 12.2. The van der Waals surface area contributed by atoms with Crippen LogP contribution in [-0.4, -0.2) is 55.6 Å². The molecule has 1 saturated heterocycles. The second-order valence-electron chi connectivity index (χ2n) is 4.21. The standard InChI is InChI=1S/C9H21N2O2P/c1-9(2)13-14(4,12)11-7-5-10(3)6-8-11/h9H,5-8H2,1-4H3. The van der Waals surface area contributed by atoms with Gasteiger partial charge in [0, 0.05) is 32.8 Å². The predicted octanol–water partition coefficient (Wildman–Crippen LogP) is 1.48. The Morgan fingerprint density at radius 3 is 2.14 bits per heavy atom. The van der Waals surface area contributed by atoms with Gasteiger partial charge in [-0.1, -0.05) is 0 Å². The Kier molecular flexibility index (Phi) is 4.14. The molecule has 1 aliphatic rings. The van der Waals surface area contributed by atoms with E-state index < -0.39 is 7.52 Å². The van der Waals surface area contributed by atoms with Gasteiger partial charge in [0.2, 0.25) is 0 Å². The van der Waals surface area contributed by atoms with Gasteiger partial charge >= 0.3 is 0 Å². The molecule has 0 N–H and O–H groups in total. The number of likely N-dealkylation sites (N-methyl/N-ethyl adjacent to an activating group) is 1. The van der Waals surface area contributed by atoms with Crippen molar-refractivity contribution >= 4 is 7.52 Å². The molecule has 0 aromatic heterocycles. The van der Waals surface area contributed by atoms with Crippen molar-refractivity contribution in [2.24, 2.45) is 0 Å². The molecule has 1 unspecified atom stereocenters. The molecular formula is C9H21N2O2P. The minimum Gasteiger partial charge on any atom is -0.315 e. The van der Waals surface area contributed by atoms with Gasteiger partial charge in [0.1, 0.15) is 0 Å². The van der Waals surface area contributed by atoms with Gasteiger partial charge < -0.3 is 9.42 Å². The van der Waals surface area contributed by atoms with Crippen molar-refractivity contribution in [3.8, 4) is 0 Å². The van der Waals surface area contributed by atoms with Crippen LogP contribution >= 0.6 is 7.52 Å². The quantitative estimate of drug-likeness (QED) is 0.674. The molecule has 0 aromatic carbocycles. The van der Waals surface area contributed by atoms with Gasteiger partial charge in [0.25, 0.3) is 7.52 Å². The van der Waals surface area contributed by atoms with E-state index in [2.05, 4.69) is 11.9 Å². The van der Waals surface area contributed by atoms with E-state index in [4.69, 9.17) is 4.52 Å². The number of nitrogens with zero attached hydrogens (tertiary/aromatic N) is 2. The summed E-state index contributed by atoms with van der Waals surface area (Å²) in [7, 11) is -0.459. The highest BCUT2D eigenvalue weighted by Crippen LogP contribution is 2.48. The summed E-state index contributed by atoms with van der Waals surface area (Å²) in [5, 5.41) is 0. The molecule has 0 spiro atoms. The lowest BCUT2D eigenvalue weighted by atomic mass is 10.4. The molecule has 0 bridgehead atoms. The average Bonchev–Trinajstić information content (AvgIpc) is 2.02. The summed E-state index contributed by atoms with van der Waals surface area (Å²) in [5.41, 5.74) is 0. The zero-order chi connectivity index (χ0) is 10.8. The maximum Gasteiger partial charge on any atom is 0.269 e. The summed E-state index contributed by atoms with van der Waals surface area (Å²) in [6.07, 6.45) is 0.0329. The fraction of sp³-hybridized carbons (Fsp3) is 1.00. The number of piperazine rings is 1. The van der Waals surface area contributed by atoms with Crippen LogP contribution in [0.25, 0.3) is 0 Å². The van der Waals surface area contributed by atoms with Crippen molar-refractivity contribution in [1.82, 2.24) is 9.57 Å². The first-order chi connectivity index (χ1) is 6.42. The van der Waals surface area contributed by atoms with E-state index in [0.29, 0.717) is 0 Å². The Labute approximate surface area is 86.7 Å². The zero-order valence-corrected chi connectivity index (χ0v) is 10.5. The van der Waals surface area contributed by atoms with E-state index >= 15 is 0 Å². The van der Waals surface area contributed by atoms with Crippen LogP contribution in [0.3, 0.4) is 0 Å². The highest BCUT2D eigenvalue weighted by molar-refractivity contribution is 7.55. The third kappa shape index (κ3) is 3.35. The van der Waals surface area contributed by atoms with Crippen LogP contribution in [-0.2, 0) is 9.09 Å². The molecule has 0 saturated carbocycles. The summed E-state index contributed by atoms with van der Waals surface area (Å²) in [6, 6.07) is 0. The van der Waals surface area contributed by atoms with Crippen molar-refractivity contribution in [3.05, 3.63) is 0 Å². The smallest absolute Gasteiger partial charge is 0.269 e. The van der Waals surface area contributed by atoms with Gasteiger partial charge in [0.15, 0.2) is 0 Å². The molecule has 1 fully saturated rings. The van der Waals surface area contributed by atoms with Gasteiger partial charge in [0.05, 0.1) is 6.10 Å². The Morgan fingerprint density at radius 2 is 1.71 bits per heavy atom. The first-order valence-corrected chi connectivity index (χ1v) is 7.14. The summed E-state index contributed by atoms with van der Waals surface area (Å²) in [4.78, 5) is 2.24. The van der Waals surface area contributed by atoms with Crippen molar-refractivity contribution in [2.45, 2.75) is 20.0 Å². The third-order valence-electron chi connectivity index (χ3n) is 2.40. The third-order valence-corrected chi connectivity index (χ3v) is 4.64. The molecule has 1 rings (SSSR count). The Morgan fingerprint density at radius 1 is 1.21 bits per heavy atom. The molecule has 5 heteroatoms. The van der Waals surface area contributed by atoms with Crippen LogP contribution in [0.4, 0.5) is 0 Å². The average molecular weight is 220 g/mol. The fourth-order valence-corrected chi connectivity index (χ4v) is 3.44. The molecule has 84 valence electrons. The van der Waals surface area contributed by atoms with Crippen LogP contribution in [0.2, 0.25) is 0 Å². The van der Waals surface area contributed by atoms with E-state index in [0.717, 1.165) is 26.2 Å². The normalized spacial score (nSPS) is 25.2. The van der Waals surface area contributed by atoms with Crippen LogP contribution in [0.5, 0.6) is 0 Å². The molecule has 0 amide bonds. The lowest BCUT2D eigenvalue weighted by molar-refractivity contribution is 0.171. The predicted molar refractivity (Wildman–Crippen MR) is 58.8 cm³/mol. The SMILES string of the molecule is CC(C)OP(C)(=O)N1CCN(C)CC1. The fourth-order valence-electron chi connectivity index (χ4n) is 1.62. The van der Waals surface area contributed by atoms with E-state index in [-0.39, 0.29) is 6.10 Å². The topological polar surface area (TPSA) is 32.8 Å². The number of hydrogen-bond donors (Lipinski definition) is 0. The van der Waals surface area contributed by atoms with E-state index in [1.165, 1.54) is 0 Å². The van der Waals surface area contributed by atoms with Crippen LogP contribution in [0, 0.1) is 0 Å². The summed E-state index contributed by atoms with van der Waals surface area (Å²) in [5.74, 6) is 0. The van der Waals surface area contributed by atoms with Gasteiger partial charge in [-0.2, -0.15) is 0 Å². The minimum absolute atomic E-state index is 0.0329. The highest BCUT2D eigenvalue weighted by atomic mass is 31.2. The van der Waals surface area contributed by atoms with Gasteiger partial charge in [-0.3, -0.25) is 4.57 Å². The molecule has 1 aliphatic heterocycles. The van der Waals surface area contributed by atoms with E-state index in [1.54, 1.807) is 6.66 Å². The Hall–Kier alpha value is 0.110. The molecule has 14 heavy (non-hydrogen) atoms.